The highest BCUT2D eigenvalue weighted by molar-refractivity contribution is 8.19. The van der Waals surface area contributed by atoms with E-state index in [4.69, 9.17) is 9.84 Å². The molecule has 0 aliphatic carbocycles. The van der Waals surface area contributed by atoms with Crippen LogP contribution in [0.1, 0.15) is 37.3 Å². The van der Waals surface area contributed by atoms with E-state index >= 15 is 0 Å². The van der Waals surface area contributed by atoms with Crippen LogP contribution >= 0.6 is 11.8 Å². The molecule has 0 saturated carbocycles. The normalized spacial score (nSPS) is 15.1. The fourth-order valence-corrected chi connectivity index (χ4v) is 3.79. The van der Waals surface area contributed by atoms with Crippen molar-refractivity contribution in [3.8, 4) is 5.75 Å². The number of hydrogen-bond acceptors (Lipinski definition) is 5. The minimum atomic E-state index is -0.919. The zero-order valence-corrected chi connectivity index (χ0v) is 17.5. The highest BCUT2D eigenvalue weighted by atomic mass is 32.2. The van der Waals surface area contributed by atoms with Crippen LogP contribution in [0.3, 0.4) is 0 Å². The van der Waals surface area contributed by atoms with Crippen LogP contribution in [0, 0.1) is 0 Å². The number of thioether (sulfide) groups is 1. The number of aliphatic carboxylic acids is 1. The molecule has 6 nitrogen and oxygen atoms in total. The molecule has 0 bridgehead atoms. The lowest BCUT2D eigenvalue weighted by Gasteiger charge is -2.13. The van der Waals surface area contributed by atoms with Crippen molar-refractivity contribution in [2.24, 2.45) is 0 Å². The molecule has 1 saturated heterocycles. The summed E-state index contributed by atoms with van der Waals surface area (Å²) in [6.45, 7) is 2.23. The second kappa shape index (κ2) is 10.1. The van der Waals surface area contributed by atoms with Crippen molar-refractivity contribution >= 4 is 40.6 Å². The maximum Gasteiger partial charge on any atom is 0.306 e. The van der Waals surface area contributed by atoms with Gasteiger partial charge < -0.3 is 9.84 Å². The van der Waals surface area contributed by atoms with Gasteiger partial charge >= 0.3 is 5.97 Å². The number of carbonyl (C=O) groups is 3. The highest BCUT2D eigenvalue weighted by Gasteiger charge is 2.36. The van der Waals surface area contributed by atoms with E-state index in [-0.39, 0.29) is 24.2 Å². The van der Waals surface area contributed by atoms with Gasteiger partial charge in [-0.1, -0.05) is 37.6 Å². The summed E-state index contributed by atoms with van der Waals surface area (Å²) >= 11 is 0.913. The first-order valence-electron chi connectivity index (χ1n) is 9.79. The Kier molecular flexibility index (Phi) is 7.30. The molecule has 1 N–H and O–H groups in total. The van der Waals surface area contributed by atoms with Crippen molar-refractivity contribution < 1.29 is 24.2 Å². The fourth-order valence-electron chi connectivity index (χ4n) is 2.95. The van der Waals surface area contributed by atoms with E-state index in [0.717, 1.165) is 36.6 Å². The van der Waals surface area contributed by atoms with Crippen molar-refractivity contribution in [1.29, 1.82) is 0 Å². The predicted octanol–water partition coefficient (Wildman–Crippen LogP) is 5.12. The maximum atomic E-state index is 12.8. The number of amides is 2. The number of carboxylic acids is 1. The van der Waals surface area contributed by atoms with Crippen LogP contribution in [0.5, 0.6) is 5.75 Å². The average molecular weight is 426 g/mol. The van der Waals surface area contributed by atoms with Crippen LogP contribution in [0.15, 0.2) is 53.4 Å². The number of nitrogens with zero attached hydrogens (tertiary/aromatic N) is 1. The Balaban J connectivity index is 1.68. The minimum Gasteiger partial charge on any atom is -0.493 e. The summed E-state index contributed by atoms with van der Waals surface area (Å²) in [5.41, 5.74) is 2.51. The first-order valence-corrected chi connectivity index (χ1v) is 10.6. The van der Waals surface area contributed by atoms with Gasteiger partial charge in [0.1, 0.15) is 5.75 Å². The number of carboxylic acid groups (broad SMARTS) is 1. The van der Waals surface area contributed by atoms with Crippen LogP contribution in [-0.4, -0.2) is 28.8 Å². The van der Waals surface area contributed by atoms with Crippen LogP contribution in [-0.2, 0) is 16.0 Å². The molecule has 0 spiro atoms. The Morgan fingerprint density at radius 1 is 1.10 bits per heavy atom. The molecular weight excluding hydrogens is 402 g/mol. The van der Waals surface area contributed by atoms with Crippen molar-refractivity contribution in [2.75, 3.05) is 11.5 Å². The molecule has 2 aromatic rings. The lowest BCUT2D eigenvalue weighted by molar-refractivity contribution is -0.137. The smallest absolute Gasteiger partial charge is 0.306 e. The van der Waals surface area contributed by atoms with Gasteiger partial charge in [-0.15, -0.1) is 0 Å². The van der Waals surface area contributed by atoms with Crippen LogP contribution in [0.25, 0.3) is 6.08 Å². The Bertz CT molecular complexity index is 951. The number of benzene rings is 2. The topological polar surface area (TPSA) is 83.9 Å². The first-order chi connectivity index (χ1) is 14.5. The molecule has 2 amide bonds. The molecule has 7 heteroatoms. The van der Waals surface area contributed by atoms with Gasteiger partial charge in [-0.05, 0) is 66.1 Å². The summed E-state index contributed by atoms with van der Waals surface area (Å²) in [4.78, 5) is 37.3. The lowest BCUT2D eigenvalue weighted by atomic mass is 10.1. The Morgan fingerprint density at radius 2 is 1.80 bits per heavy atom. The maximum absolute atomic E-state index is 12.8. The number of aryl methyl sites for hydroxylation is 1. The van der Waals surface area contributed by atoms with Crippen LogP contribution in [0.4, 0.5) is 10.5 Å². The van der Waals surface area contributed by atoms with Crippen LogP contribution < -0.4 is 9.64 Å². The van der Waals surface area contributed by atoms with E-state index < -0.39 is 5.97 Å². The molecule has 2 aromatic carbocycles. The summed E-state index contributed by atoms with van der Waals surface area (Å²) in [7, 11) is 0. The second-order valence-electron chi connectivity index (χ2n) is 6.85. The molecule has 1 aliphatic rings. The fraction of sp³-hybridized carbons (Fsp3) is 0.261. The number of imide groups is 1. The van der Waals surface area contributed by atoms with E-state index in [1.54, 1.807) is 30.3 Å². The molecule has 0 atom stereocenters. The largest absolute Gasteiger partial charge is 0.493 e. The molecule has 1 fully saturated rings. The molecule has 0 aromatic heterocycles. The SMILES string of the molecule is CCCCc1ccc(N2C(=O)S/C(=C/c3ccc(OCCC(=O)O)cc3)C2=O)cc1. The number of ether oxygens (including phenoxy) is 1. The van der Waals surface area contributed by atoms with Gasteiger partial charge in [0.2, 0.25) is 0 Å². The zero-order chi connectivity index (χ0) is 21.5. The molecule has 3 rings (SSSR count). The van der Waals surface area contributed by atoms with E-state index in [1.807, 2.05) is 24.3 Å². The van der Waals surface area contributed by atoms with Crippen molar-refractivity contribution in [3.63, 3.8) is 0 Å². The summed E-state index contributed by atoms with van der Waals surface area (Å²) in [5.74, 6) is -0.712. The van der Waals surface area contributed by atoms with E-state index in [1.165, 1.54) is 10.5 Å². The minimum absolute atomic E-state index is 0.0749. The zero-order valence-electron chi connectivity index (χ0n) is 16.7. The molecule has 30 heavy (non-hydrogen) atoms. The van der Waals surface area contributed by atoms with Crippen molar-refractivity contribution in [2.45, 2.75) is 32.6 Å². The standard InChI is InChI=1S/C23H23NO5S/c1-2-3-4-16-5-9-18(10-6-16)24-22(27)20(30-23(24)28)15-17-7-11-19(12-8-17)29-14-13-21(25)26/h5-12,15H,2-4,13-14H2,1H3,(H,25,26)/b20-15+. The second-order valence-corrected chi connectivity index (χ2v) is 7.84. The number of unbranched alkanes of at least 4 members (excludes halogenated alkanes) is 1. The van der Waals surface area contributed by atoms with Gasteiger partial charge in [-0.25, -0.2) is 4.90 Å². The lowest BCUT2D eigenvalue weighted by Crippen LogP contribution is -2.27. The Hall–Kier alpha value is -3.06. The molecule has 0 unspecified atom stereocenters. The van der Waals surface area contributed by atoms with Gasteiger partial charge in [-0.2, -0.15) is 0 Å². The average Bonchev–Trinajstić information content (AvgIpc) is 3.01. The number of rotatable bonds is 9. The molecular formula is C23H23NO5S. The quantitative estimate of drug-likeness (QED) is 0.561. The number of hydrogen-bond donors (Lipinski definition) is 1. The van der Waals surface area contributed by atoms with E-state index in [0.29, 0.717) is 16.3 Å². The monoisotopic (exact) mass is 425 g/mol. The number of anilines is 1. The summed E-state index contributed by atoms with van der Waals surface area (Å²) in [5, 5.41) is 8.32. The third kappa shape index (κ3) is 5.51. The molecule has 1 aliphatic heterocycles. The van der Waals surface area contributed by atoms with Gasteiger partial charge in [0.15, 0.2) is 0 Å². The molecule has 1 heterocycles. The van der Waals surface area contributed by atoms with Gasteiger partial charge in [-0.3, -0.25) is 14.4 Å². The van der Waals surface area contributed by atoms with Gasteiger partial charge in [0.25, 0.3) is 11.1 Å². The van der Waals surface area contributed by atoms with Gasteiger partial charge in [0.05, 0.1) is 23.6 Å². The molecule has 0 radical (unpaired) electrons. The predicted molar refractivity (Wildman–Crippen MR) is 118 cm³/mol. The molecule has 156 valence electrons. The van der Waals surface area contributed by atoms with E-state index in [9.17, 15) is 14.4 Å². The number of carbonyl (C=O) groups excluding carboxylic acids is 2. The summed E-state index contributed by atoms with van der Waals surface area (Å²) in [6.07, 6.45) is 4.79. The third-order valence-electron chi connectivity index (χ3n) is 4.57. The van der Waals surface area contributed by atoms with Gasteiger partial charge in [0, 0.05) is 0 Å². The Morgan fingerprint density at radius 3 is 2.43 bits per heavy atom. The highest BCUT2D eigenvalue weighted by Crippen LogP contribution is 2.36. The summed E-state index contributed by atoms with van der Waals surface area (Å²) < 4.78 is 5.35. The first kappa shape index (κ1) is 21.6. The van der Waals surface area contributed by atoms with E-state index in [2.05, 4.69) is 6.92 Å². The van der Waals surface area contributed by atoms with Crippen molar-refractivity contribution in [3.05, 3.63) is 64.6 Å². The Labute approximate surface area is 179 Å². The third-order valence-corrected chi connectivity index (χ3v) is 5.44. The van der Waals surface area contributed by atoms with Crippen LogP contribution in [0.2, 0.25) is 0 Å². The van der Waals surface area contributed by atoms with Crippen molar-refractivity contribution in [1.82, 2.24) is 0 Å². The summed E-state index contributed by atoms with van der Waals surface area (Å²) in [6, 6.07) is 14.5.